The molecule has 0 bridgehead atoms. The van der Waals surface area contributed by atoms with E-state index in [1.54, 1.807) is 14.0 Å². The molecule has 1 amide bonds. The van der Waals surface area contributed by atoms with Gasteiger partial charge in [-0.15, -0.1) is 11.6 Å². The highest BCUT2D eigenvalue weighted by molar-refractivity contribution is 6.30. The molecule has 100 valence electrons. The number of rotatable bonds is 6. The molecule has 1 rings (SSSR count). The fraction of sp³-hybridized carbons (Fsp3) is 0.462. The first-order valence-corrected chi connectivity index (χ1v) is 6.24. The van der Waals surface area contributed by atoms with Gasteiger partial charge in [0.25, 0.3) is 0 Å². The van der Waals surface area contributed by atoms with Gasteiger partial charge in [0.05, 0.1) is 13.7 Å². The van der Waals surface area contributed by atoms with Gasteiger partial charge in [-0.05, 0) is 19.9 Å². The van der Waals surface area contributed by atoms with Crippen molar-refractivity contribution in [1.82, 2.24) is 5.32 Å². The number of nitrogens with one attached hydrogen (secondary N) is 1. The Labute approximate surface area is 112 Å². The molecule has 0 spiro atoms. The molecule has 1 aromatic carbocycles. The summed E-state index contributed by atoms with van der Waals surface area (Å²) in [6.07, 6.45) is 0. The summed E-state index contributed by atoms with van der Waals surface area (Å²) in [6.45, 7) is 4.43. The van der Waals surface area contributed by atoms with Crippen LogP contribution in [0.15, 0.2) is 18.2 Å². The van der Waals surface area contributed by atoms with Crippen LogP contribution in [0.4, 0.5) is 0 Å². The van der Waals surface area contributed by atoms with Gasteiger partial charge in [0.15, 0.2) is 11.5 Å². The Morgan fingerprint density at radius 2 is 2.22 bits per heavy atom. The number of alkyl halides is 1. The number of benzene rings is 1. The fourth-order valence-corrected chi connectivity index (χ4v) is 1.57. The molecule has 0 aliphatic rings. The lowest BCUT2D eigenvalue weighted by atomic mass is 10.2. The molecule has 1 aromatic rings. The standard InChI is InChI=1S/C13H18ClNO3/c1-4-18-12-10(6-5-7-11(12)17-3)8-15-13(16)9(2)14/h5-7,9H,4,8H2,1-3H3,(H,15,16). The first kappa shape index (κ1) is 14.6. The quantitative estimate of drug-likeness (QED) is 0.808. The highest BCUT2D eigenvalue weighted by atomic mass is 35.5. The molecule has 0 saturated carbocycles. The van der Waals surface area contributed by atoms with E-state index in [4.69, 9.17) is 21.1 Å². The van der Waals surface area contributed by atoms with Crippen LogP contribution in [0.5, 0.6) is 11.5 Å². The summed E-state index contributed by atoms with van der Waals surface area (Å²) in [4.78, 5) is 11.4. The number of methoxy groups -OCH3 is 1. The summed E-state index contributed by atoms with van der Waals surface area (Å²) >= 11 is 5.69. The summed E-state index contributed by atoms with van der Waals surface area (Å²) in [5, 5.41) is 2.19. The van der Waals surface area contributed by atoms with E-state index in [0.717, 1.165) is 5.56 Å². The predicted molar refractivity (Wildman–Crippen MR) is 71.3 cm³/mol. The van der Waals surface area contributed by atoms with Gasteiger partial charge >= 0.3 is 0 Å². The molecule has 0 saturated heterocycles. The number of para-hydroxylation sites is 1. The van der Waals surface area contributed by atoms with Crippen LogP contribution in [0, 0.1) is 0 Å². The lowest BCUT2D eigenvalue weighted by Crippen LogP contribution is -2.29. The van der Waals surface area contributed by atoms with Gasteiger partial charge in [-0.1, -0.05) is 12.1 Å². The van der Waals surface area contributed by atoms with Crippen LogP contribution in [-0.2, 0) is 11.3 Å². The predicted octanol–water partition coefficient (Wildman–Crippen LogP) is 2.34. The van der Waals surface area contributed by atoms with Crippen molar-refractivity contribution < 1.29 is 14.3 Å². The number of hydrogen-bond donors (Lipinski definition) is 1. The monoisotopic (exact) mass is 271 g/mol. The van der Waals surface area contributed by atoms with Crippen molar-refractivity contribution in [1.29, 1.82) is 0 Å². The Bertz CT molecular complexity index is 407. The summed E-state index contributed by atoms with van der Waals surface area (Å²) < 4.78 is 10.8. The zero-order valence-electron chi connectivity index (χ0n) is 10.8. The SMILES string of the molecule is CCOc1c(CNC(=O)C(C)Cl)cccc1OC. The maximum atomic E-state index is 11.4. The number of carbonyl (C=O) groups is 1. The lowest BCUT2D eigenvalue weighted by Gasteiger charge is -2.14. The van der Waals surface area contributed by atoms with Gasteiger partial charge in [0.1, 0.15) is 5.38 Å². The maximum Gasteiger partial charge on any atom is 0.238 e. The summed E-state index contributed by atoms with van der Waals surface area (Å²) in [7, 11) is 1.58. The van der Waals surface area contributed by atoms with Crippen LogP contribution in [-0.4, -0.2) is 25.0 Å². The lowest BCUT2D eigenvalue weighted by molar-refractivity contribution is -0.120. The van der Waals surface area contributed by atoms with Crippen molar-refractivity contribution >= 4 is 17.5 Å². The van der Waals surface area contributed by atoms with Gasteiger partial charge in [0.2, 0.25) is 5.91 Å². The Morgan fingerprint density at radius 1 is 1.50 bits per heavy atom. The Morgan fingerprint density at radius 3 is 2.78 bits per heavy atom. The molecule has 0 aromatic heterocycles. The molecule has 0 aliphatic heterocycles. The van der Waals surface area contributed by atoms with Crippen molar-refractivity contribution in [3.8, 4) is 11.5 Å². The molecule has 1 unspecified atom stereocenters. The number of halogens is 1. The van der Waals surface area contributed by atoms with Gasteiger partial charge in [-0.3, -0.25) is 4.79 Å². The van der Waals surface area contributed by atoms with Crippen LogP contribution in [0.25, 0.3) is 0 Å². The molecule has 1 atom stereocenters. The van der Waals surface area contributed by atoms with Gasteiger partial charge in [-0.2, -0.15) is 0 Å². The topological polar surface area (TPSA) is 47.6 Å². The van der Waals surface area contributed by atoms with Crippen LogP contribution in [0.3, 0.4) is 0 Å². The van der Waals surface area contributed by atoms with Crippen LogP contribution in [0.2, 0.25) is 0 Å². The second-order valence-electron chi connectivity index (χ2n) is 3.72. The van der Waals surface area contributed by atoms with Gasteiger partial charge in [-0.25, -0.2) is 0 Å². The largest absolute Gasteiger partial charge is 0.493 e. The molecule has 0 aliphatic carbocycles. The second-order valence-corrected chi connectivity index (χ2v) is 4.37. The first-order valence-electron chi connectivity index (χ1n) is 5.80. The Balaban J connectivity index is 2.84. The number of hydrogen-bond acceptors (Lipinski definition) is 3. The fourth-order valence-electron chi connectivity index (χ4n) is 1.49. The molecule has 0 heterocycles. The minimum atomic E-state index is -0.550. The van der Waals surface area contributed by atoms with E-state index in [0.29, 0.717) is 24.7 Å². The van der Waals surface area contributed by atoms with E-state index in [1.165, 1.54) is 0 Å². The van der Waals surface area contributed by atoms with Crippen molar-refractivity contribution in [3.05, 3.63) is 23.8 Å². The molecule has 18 heavy (non-hydrogen) atoms. The number of carbonyl (C=O) groups excluding carboxylic acids is 1. The molecule has 1 N–H and O–H groups in total. The van der Waals surface area contributed by atoms with Crippen LogP contribution in [0.1, 0.15) is 19.4 Å². The van der Waals surface area contributed by atoms with E-state index in [2.05, 4.69) is 5.32 Å². The van der Waals surface area contributed by atoms with E-state index < -0.39 is 5.38 Å². The molecule has 0 radical (unpaired) electrons. The summed E-state index contributed by atoms with van der Waals surface area (Å²) in [6, 6.07) is 5.56. The average molecular weight is 272 g/mol. The molecule has 4 nitrogen and oxygen atoms in total. The van der Waals surface area contributed by atoms with E-state index in [1.807, 2.05) is 25.1 Å². The molecular weight excluding hydrogens is 254 g/mol. The minimum absolute atomic E-state index is 0.207. The number of ether oxygens (including phenoxy) is 2. The van der Waals surface area contributed by atoms with E-state index in [9.17, 15) is 4.79 Å². The molecular formula is C13H18ClNO3. The van der Waals surface area contributed by atoms with Gasteiger partial charge in [0, 0.05) is 12.1 Å². The smallest absolute Gasteiger partial charge is 0.238 e. The normalized spacial score (nSPS) is 11.8. The third-order valence-electron chi connectivity index (χ3n) is 2.38. The van der Waals surface area contributed by atoms with Crippen molar-refractivity contribution in [2.24, 2.45) is 0 Å². The second kappa shape index (κ2) is 7.11. The number of amides is 1. The maximum absolute atomic E-state index is 11.4. The van der Waals surface area contributed by atoms with Crippen molar-refractivity contribution in [3.63, 3.8) is 0 Å². The third kappa shape index (κ3) is 3.81. The van der Waals surface area contributed by atoms with Crippen molar-refractivity contribution in [2.45, 2.75) is 25.8 Å². The summed E-state index contributed by atoms with van der Waals surface area (Å²) in [5.74, 6) is 1.11. The highest BCUT2D eigenvalue weighted by Crippen LogP contribution is 2.30. The summed E-state index contributed by atoms with van der Waals surface area (Å²) in [5.41, 5.74) is 0.863. The Hall–Kier alpha value is -1.42. The molecule has 0 fully saturated rings. The van der Waals surface area contributed by atoms with Crippen LogP contribution < -0.4 is 14.8 Å². The average Bonchev–Trinajstić information content (AvgIpc) is 2.37. The molecule has 5 heteroatoms. The minimum Gasteiger partial charge on any atom is -0.493 e. The van der Waals surface area contributed by atoms with Crippen LogP contribution >= 0.6 is 11.6 Å². The Kier molecular flexibility index (Phi) is 5.78. The van der Waals surface area contributed by atoms with E-state index in [-0.39, 0.29) is 5.91 Å². The first-order chi connectivity index (χ1) is 8.60. The van der Waals surface area contributed by atoms with Gasteiger partial charge < -0.3 is 14.8 Å². The zero-order valence-corrected chi connectivity index (χ0v) is 11.6. The zero-order chi connectivity index (χ0) is 13.5. The third-order valence-corrected chi connectivity index (χ3v) is 2.58. The van der Waals surface area contributed by atoms with Crippen molar-refractivity contribution in [2.75, 3.05) is 13.7 Å². The van der Waals surface area contributed by atoms with E-state index >= 15 is 0 Å². The highest BCUT2D eigenvalue weighted by Gasteiger charge is 2.13.